The summed E-state index contributed by atoms with van der Waals surface area (Å²) in [5.41, 5.74) is 6.84. The van der Waals surface area contributed by atoms with E-state index in [9.17, 15) is 0 Å². The van der Waals surface area contributed by atoms with Crippen molar-refractivity contribution in [1.29, 1.82) is 0 Å². The molecule has 3 rings (SSSR count). The zero-order chi connectivity index (χ0) is 13.1. The Morgan fingerprint density at radius 3 is 2.84 bits per heavy atom. The van der Waals surface area contributed by atoms with Gasteiger partial charge >= 0.3 is 0 Å². The third-order valence-electron chi connectivity index (χ3n) is 4.70. The molecule has 0 aliphatic heterocycles. The summed E-state index contributed by atoms with van der Waals surface area (Å²) in [6.45, 7) is 1.39. The summed E-state index contributed by atoms with van der Waals surface area (Å²) in [6, 6.07) is 2.72. The Morgan fingerprint density at radius 2 is 2.05 bits per heavy atom. The minimum absolute atomic E-state index is 0.349. The lowest BCUT2D eigenvalue weighted by atomic mass is 10.1. The molecule has 2 unspecified atom stereocenters. The summed E-state index contributed by atoms with van der Waals surface area (Å²) in [5.74, 6) is 0.553. The molecule has 1 heterocycles. The van der Waals surface area contributed by atoms with Crippen molar-refractivity contribution in [2.24, 2.45) is 11.7 Å². The molecule has 0 amide bonds. The van der Waals surface area contributed by atoms with Crippen molar-refractivity contribution in [3.63, 3.8) is 0 Å². The van der Waals surface area contributed by atoms with Crippen LogP contribution in [0.2, 0.25) is 0 Å². The standard InChI is InChI=1S/C15H25N3O/c16-10-12-4-3-7-15(12)19-11-13-8-9-18(17-13)14-5-1-2-6-14/h8-9,12,14-15H,1-7,10-11,16H2. The van der Waals surface area contributed by atoms with Crippen LogP contribution in [0.5, 0.6) is 0 Å². The van der Waals surface area contributed by atoms with Gasteiger partial charge in [-0.25, -0.2) is 0 Å². The first-order chi connectivity index (χ1) is 9.36. The molecule has 2 fully saturated rings. The smallest absolute Gasteiger partial charge is 0.0910 e. The fourth-order valence-electron chi connectivity index (χ4n) is 3.51. The van der Waals surface area contributed by atoms with Crippen LogP contribution in [0.15, 0.2) is 12.3 Å². The van der Waals surface area contributed by atoms with Crippen LogP contribution in [-0.4, -0.2) is 22.4 Å². The van der Waals surface area contributed by atoms with Crippen molar-refractivity contribution in [2.75, 3.05) is 6.54 Å². The molecule has 2 aliphatic carbocycles. The summed E-state index contributed by atoms with van der Waals surface area (Å²) in [7, 11) is 0. The Hall–Kier alpha value is -0.870. The molecule has 1 aromatic heterocycles. The van der Waals surface area contributed by atoms with Crippen molar-refractivity contribution in [3.8, 4) is 0 Å². The maximum absolute atomic E-state index is 6.01. The van der Waals surface area contributed by atoms with Gasteiger partial charge < -0.3 is 10.5 Å². The van der Waals surface area contributed by atoms with Gasteiger partial charge in [-0.1, -0.05) is 19.3 Å². The first-order valence-corrected chi connectivity index (χ1v) is 7.72. The minimum Gasteiger partial charge on any atom is -0.372 e. The SMILES string of the molecule is NCC1CCCC1OCc1ccn(C2CCCC2)n1. The molecule has 0 radical (unpaired) electrons. The van der Waals surface area contributed by atoms with Gasteiger partial charge in [-0.2, -0.15) is 5.10 Å². The lowest BCUT2D eigenvalue weighted by Crippen LogP contribution is -2.25. The monoisotopic (exact) mass is 263 g/mol. The van der Waals surface area contributed by atoms with Crippen LogP contribution in [0.1, 0.15) is 56.7 Å². The molecule has 2 N–H and O–H groups in total. The van der Waals surface area contributed by atoms with E-state index in [0.717, 1.165) is 18.7 Å². The molecular formula is C15H25N3O. The lowest BCUT2D eigenvalue weighted by Gasteiger charge is -2.17. The van der Waals surface area contributed by atoms with Crippen molar-refractivity contribution in [2.45, 2.75) is 63.7 Å². The summed E-state index contributed by atoms with van der Waals surface area (Å²) in [5, 5.41) is 4.66. The van der Waals surface area contributed by atoms with Gasteiger partial charge in [0.15, 0.2) is 0 Å². The van der Waals surface area contributed by atoms with E-state index >= 15 is 0 Å². The van der Waals surface area contributed by atoms with Crippen LogP contribution in [0.25, 0.3) is 0 Å². The van der Waals surface area contributed by atoms with E-state index in [1.165, 1.54) is 38.5 Å². The highest BCUT2D eigenvalue weighted by Gasteiger charge is 2.27. The van der Waals surface area contributed by atoms with Gasteiger partial charge in [0.2, 0.25) is 0 Å². The Kier molecular flexibility index (Phi) is 4.18. The highest BCUT2D eigenvalue weighted by molar-refractivity contribution is 4.99. The van der Waals surface area contributed by atoms with Crippen LogP contribution < -0.4 is 5.73 Å². The summed E-state index contributed by atoms with van der Waals surface area (Å²) < 4.78 is 8.15. The summed E-state index contributed by atoms with van der Waals surface area (Å²) >= 11 is 0. The first kappa shape index (κ1) is 13.1. The second-order valence-electron chi connectivity index (χ2n) is 6.00. The molecule has 0 spiro atoms. The van der Waals surface area contributed by atoms with E-state index in [0.29, 0.717) is 24.7 Å². The first-order valence-electron chi connectivity index (χ1n) is 7.72. The van der Waals surface area contributed by atoms with E-state index in [1.807, 2.05) is 0 Å². The van der Waals surface area contributed by atoms with Gasteiger partial charge in [0.1, 0.15) is 0 Å². The predicted molar refractivity (Wildman–Crippen MR) is 74.7 cm³/mol. The number of aromatic nitrogens is 2. The largest absolute Gasteiger partial charge is 0.372 e. The average molecular weight is 263 g/mol. The van der Waals surface area contributed by atoms with E-state index in [2.05, 4.69) is 22.0 Å². The van der Waals surface area contributed by atoms with Crippen molar-refractivity contribution in [3.05, 3.63) is 18.0 Å². The molecule has 1 aromatic rings. The number of nitrogens with zero attached hydrogens (tertiary/aromatic N) is 2. The maximum atomic E-state index is 6.01. The molecule has 4 nitrogen and oxygen atoms in total. The molecule has 19 heavy (non-hydrogen) atoms. The third-order valence-corrected chi connectivity index (χ3v) is 4.70. The molecule has 2 atom stereocenters. The number of rotatable bonds is 5. The molecule has 106 valence electrons. The van der Waals surface area contributed by atoms with Crippen LogP contribution >= 0.6 is 0 Å². The predicted octanol–water partition coefficient (Wildman–Crippen LogP) is 2.64. The zero-order valence-electron chi connectivity index (χ0n) is 11.6. The zero-order valence-corrected chi connectivity index (χ0v) is 11.6. The van der Waals surface area contributed by atoms with Crippen LogP contribution in [0, 0.1) is 5.92 Å². The fraction of sp³-hybridized carbons (Fsp3) is 0.800. The molecule has 2 saturated carbocycles. The second kappa shape index (κ2) is 6.06. The Labute approximate surface area is 115 Å². The van der Waals surface area contributed by atoms with Gasteiger partial charge in [-0.05, 0) is 44.2 Å². The van der Waals surface area contributed by atoms with Crippen molar-refractivity contribution in [1.82, 2.24) is 9.78 Å². The normalized spacial score (nSPS) is 28.3. The van der Waals surface area contributed by atoms with Crippen molar-refractivity contribution < 1.29 is 4.74 Å². The molecular weight excluding hydrogens is 238 g/mol. The van der Waals surface area contributed by atoms with Gasteiger partial charge in [-0.3, -0.25) is 4.68 Å². The maximum Gasteiger partial charge on any atom is 0.0910 e. The average Bonchev–Trinajstić information content (AvgIpc) is 3.16. The molecule has 4 heteroatoms. The van der Waals surface area contributed by atoms with Gasteiger partial charge in [0.25, 0.3) is 0 Å². The van der Waals surface area contributed by atoms with Crippen LogP contribution in [0.3, 0.4) is 0 Å². The second-order valence-corrected chi connectivity index (χ2v) is 6.00. The Balaban J connectivity index is 1.52. The quantitative estimate of drug-likeness (QED) is 0.888. The van der Waals surface area contributed by atoms with Gasteiger partial charge in [-0.15, -0.1) is 0 Å². The minimum atomic E-state index is 0.349. The number of nitrogens with two attached hydrogens (primary N) is 1. The van der Waals surface area contributed by atoms with E-state index in [-0.39, 0.29) is 0 Å². The summed E-state index contributed by atoms with van der Waals surface area (Å²) in [6.07, 6.45) is 11.3. The third kappa shape index (κ3) is 3.00. The number of ether oxygens (including phenoxy) is 1. The van der Waals surface area contributed by atoms with Crippen LogP contribution in [0.4, 0.5) is 0 Å². The van der Waals surface area contributed by atoms with E-state index < -0.39 is 0 Å². The highest BCUT2D eigenvalue weighted by Crippen LogP contribution is 2.30. The highest BCUT2D eigenvalue weighted by atomic mass is 16.5. The van der Waals surface area contributed by atoms with E-state index in [1.54, 1.807) is 0 Å². The molecule has 0 aromatic carbocycles. The topological polar surface area (TPSA) is 53.1 Å². The summed E-state index contributed by atoms with van der Waals surface area (Å²) in [4.78, 5) is 0. The molecule has 0 saturated heterocycles. The Bertz CT molecular complexity index is 398. The lowest BCUT2D eigenvalue weighted by molar-refractivity contribution is 0.0163. The molecule has 0 bridgehead atoms. The molecule has 2 aliphatic rings. The Morgan fingerprint density at radius 1 is 1.21 bits per heavy atom. The van der Waals surface area contributed by atoms with Gasteiger partial charge in [0.05, 0.1) is 24.4 Å². The number of hydrogen-bond acceptors (Lipinski definition) is 3. The fourth-order valence-corrected chi connectivity index (χ4v) is 3.51. The van der Waals surface area contributed by atoms with Crippen molar-refractivity contribution >= 4 is 0 Å². The number of hydrogen-bond donors (Lipinski definition) is 1. The van der Waals surface area contributed by atoms with Gasteiger partial charge in [0, 0.05) is 6.20 Å². The van der Waals surface area contributed by atoms with Crippen LogP contribution in [-0.2, 0) is 11.3 Å². The van der Waals surface area contributed by atoms with E-state index in [4.69, 9.17) is 10.5 Å².